The zero-order valence-electron chi connectivity index (χ0n) is 10.6. The van der Waals surface area contributed by atoms with Crippen LogP contribution in [0.25, 0.3) is 0 Å². The number of carboxylic acids is 1. The van der Waals surface area contributed by atoms with Gasteiger partial charge in [-0.3, -0.25) is 0 Å². The molecule has 2 rings (SSSR count). The van der Waals surface area contributed by atoms with Gasteiger partial charge in [0.2, 0.25) is 0 Å². The van der Waals surface area contributed by atoms with Crippen LogP contribution in [0.4, 0.5) is 18.0 Å². The molecule has 1 saturated carbocycles. The highest BCUT2D eigenvalue weighted by molar-refractivity contribution is 5.83. The first kappa shape index (κ1) is 14.7. The fourth-order valence-corrected chi connectivity index (χ4v) is 2.15. The zero-order chi connectivity index (χ0) is 14.9. The summed E-state index contributed by atoms with van der Waals surface area (Å²) >= 11 is 0. The maximum atomic E-state index is 12.4. The third-order valence-electron chi connectivity index (χ3n) is 3.50. The second-order valence-corrected chi connectivity index (χ2v) is 5.03. The molecule has 0 aromatic heterocycles. The van der Waals surface area contributed by atoms with Crippen molar-refractivity contribution < 1.29 is 27.9 Å². The van der Waals surface area contributed by atoms with Crippen LogP contribution >= 0.6 is 0 Å². The van der Waals surface area contributed by atoms with E-state index < -0.39 is 29.8 Å². The first-order valence-corrected chi connectivity index (χ1v) is 6.33. The minimum absolute atomic E-state index is 0.0613. The van der Waals surface area contributed by atoms with E-state index in [1.54, 1.807) is 0 Å². The van der Waals surface area contributed by atoms with Crippen molar-refractivity contribution in [3.05, 3.63) is 11.6 Å². The molecule has 0 aromatic rings. The van der Waals surface area contributed by atoms with Crippen molar-refractivity contribution in [3.8, 4) is 0 Å². The molecular formula is C12H15F3N2O3. The average Bonchev–Trinajstić information content (AvgIpc) is 3.18. The summed E-state index contributed by atoms with van der Waals surface area (Å²) in [5.74, 6) is -1.17. The van der Waals surface area contributed by atoms with E-state index >= 15 is 0 Å². The summed E-state index contributed by atoms with van der Waals surface area (Å²) in [6, 6.07) is -1.57. The predicted octanol–water partition coefficient (Wildman–Crippen LogP) is 1.75. The number of nitrogens with one attached hydrogen (secondary N) is 1. The van der Waals surface area contributed by atoms with Crippen molar-refractivity contribution in [2.24, 2.45) is 5.92 Å². The van der Waals surface area contributed by atoms with E-state index in [1.165, 1.54) is 4.90 Å². The fraction of sp³-hybridized carbons (Fsp3) is 0.667. The Balaban J connectivity index is 1.91. The Kier molecular flexibility index (Phi) is 3.92. The molecule has 0 bridgehead atoms. The van der Waals surface area contributed by atoms with Crippen LogP contribution in [0.3, 0.4) is 0 Å². The van der Waals surface area contributed by atoms with Gasteiger partial charge in [-0.25, -0.2) is 9.59 Å². The van der Waals surface area contributed by atoms with Gasteiger partial charge in [0.25, 0.3) is 0 Å². The number of halogens is 3. The molecule has 2 N–H and O–H groups in total. The Morgan fingerprint density at radius 2 is 2.05 bits per heavy atom. The van der Waals surface area contributed by atoms with Gasteiger partial charge in [-0.2, -0.15) is 13.2 Å². The molecule has 1 heterocycles. The predicted molar refractivity (Wildman–Crippen MR) is 63.0 cm³/mol. The van der Waals surface area contributed by atoms with E-state index in [-0.39, 0.29) is 25.4 Å². The van der Waals surface area contributed by atoms with E-state index in [9.17, 15) is 22.8 Å². The van der Waals surface area contributed by atoms with Crippen molar-refractivity contribution in [1.29, 1.82) is 0 Å². The highest BCUT2D eigenvalue weighted by Gasteiger charge is 2.39. The number of alkyl halides is 3. The zero-order valence-corrected chi connectivity index (χ0v) is 10.6. The fourth-order valence-electron chi connectivity index (χ4n) is 2.15. The van der Waals surface area contributed by atoms with Crippen LogP contribution in [0, 0.1) is 5.92 Å². The molecule has 5 nitrogen and oxygen atoms in total. The van der Waals surface area contributed by atoms with Gasteiger partial charge in [-0.1, -0.05) is 6.08 Å². The summed E-state index contributed by atoms with van der Waals surface area (Å²) in [5.41, 5.74) is -0.640. The molecule has 1 atom stereocenters. The SMILES string of the molecule is O=C(O)C(NC(=O)N1CC=C(C(F)(F)F)CC1)C1CC1. The van der Waals surface area contributed by atoms with Gasteiger partial charge in [0, 0.05) is 18.7 Å². The Hall–Kier alpha value is -1.73. The molecule has 0 saturated heterocycles. The molecule has 0 spiro atoms. The number of urea groups is 1. The molecule has 8 heteroatoms. The Morgan fingerprint density at radius 3 is 2.45 bits per heavy atom. The largest absolute Gasteiger partial charge is 0.480 e. The molecule has 1 fully saturated rings. The summed E-state index contributed by atoms with van der Waals surface area (Å²) < 4.78 is 37.3. The maximum Gasteiger partial charge on any atom is 0.412 e. The van der Waals surface area contributed by atoms with E-state index in [4.69, 9.17) is 5.11 Å². The number of hydrogen-bond acceptors (Lipinski definition) is 2. The third-order valence-corrected chi connectivity index (χ3v) is 3.50. The molecule has 1 aliphatic heterocycles. The molecule has 1 aliphatic carbocycles. The van der Waals surface area contributed by atoms with E-state index in [0.29, 0.717) is 0 Å². The summed E-state index contributed by atoms with van der Waals surface area (Å²) in [6.45, 7) is -0.216. The minimum Gasteiger partial charge on any atom is -0.480 e. The average molecular weight is 292 g/mol. The van der Waals surface area contributed by atoms with Crippen LogP contribution < -0.4 is 5.32 Å². The smallest absolute Gasteiger partial charge is 0.412 e. The lowest BCUT2D eigenvalue weighted by atomic mass is 10.1. The number of aliphatic carboxylic acids is 1. The van der Waals surface area contributed by atoms with Gasteiger partial charge in [-0.15, -0.1) is 0 Å². The molecule has 1 unspecified atom stereocenters. The molecule has 2 amide bonds. The monoisotopic (exact) mass is 292 g/mol. The number of carbonyl (C=O) groups excluding carboxylic acids is 1. The van der Waals surface area contributed by atoms with Gasteiger partial charge in [0.15, 0.2) is 0 Å². The molecule has 2 aliphatic rings. The van der Waals surface area contributed by atoms with Crippen LogP contribution in [-0.4, -0.2) is 47.3 Å². The van der Waals surface area contributed by atoms with Crippen LogP contribution in [0.5, 0.6) is 0 Å². The number of carbonyl (C=O) groups is 2. The van der Waals surface area contributed by atoms with Gasteiger partial charge < -0.3 is 15.3 Å². The summed E-state index contributed by atoms with van der Waals surface area (Å²) in [6.07, 6.45) is -2.17. The van der Waals surface area contributed by atoms with Crippen molar-refractivity contribution in [3.63, 3.8) is 0 Å². The second kappa shape index (κ2) is 5.34. The van der Waals surface area contributed by atoms with Crippen molar-refractivity contribution in [1.82, 2.24) is 10.2 Å². The van der Waals surface area contributed by atoms with Crippen LogP contribution in [0.1, 0.15) is 19.3 Å². The lowest BCUT2D eigenvalue weighted by molar-refractivity contribution is -0.139. The van der Waals surface area contributed by atoms with Gasteiger partial charge in [0.1, 0.15) is 6.04 Å². The Morgan fingerprint density at radius 1 is 1.40 bits per heavy atom. The minimum atomic E-state index is -4.36. The molecule has 0 aromatic carbocycles. The van der Waals surface area contributed by atoms with Crippen LogP contribution in [0.15, 0.2) is 11.6 Å². The summed E-state index contributed by atoms with van der Waals surface area (Å²) in [5, 5.41) is 11.4. The van der Waals surface area contributed by atoms with E-state index in [2.05, 4.69) is 5.32 Å². The van der Waals surface area contributed by atoms with Gasteiger partial charge in [-0.05, 0) is 25.2 Å². The highest BCUT2D eigenvalue weighted by atomic mass is 19.4. The first-order valence-electron chi connectivity index (χ1n) is 6.33. The maximum absolute atomic E-state index is 12.4. The lowest BCUT2D eigenvalue weighted by Gasteiger charge is -2.28. The van der Waals surface area contributed by atoms with Crippen LogP contribution in [-0.2, 0) is 4.79 Å². The number of rotatable bonds is 3. The second-order valence-electron chi connectivity index (χ2n) is 5.03. The molecule has 20 heavy (non-hydrogen) atoms. The van der Waals surface area contributed by atoms with Crippen LogP contribution in [0.2, 0.25) is 0 Å². The molecule has 112 valence electrons. The first-order chi connectivity index (χ1) is 9.29. The van der Waals surface area contributed by atoms with E-state index in [1.807, 2.05) is 0 Å². The lowest BCUT2D eigenvalue weighted by Crippen LogP contribution is -2.50. The van der Waals surface area contributed by atoms with Gasteiger partial charge >= 0.3 is 18.2 Å². The number of hydrogen-bond donors (Lipinski definition) is 2. The summed E-state index contributed by atoms with van der Waals surface area (Å²) in [4.78, 5) is 24.0. The van der Waals surface area contributed by atoms with Crippen molar-refractivity contribution in [2.45, 2.75) is 31.5 Å². The quantitative estimate of drug-likeness (QED) is 0.779. The normalized spacial score (nSPS) is 21.1. The number of nitrogens with zero attached hydrogens (tertiary/aromatic N) is 1. The third kappa shape index (κ3) is 3.43. The summed E-state index contributed by atoms with van der Waals surface area (Å²) in [7, 11) is 0. The highest BCUT2D eigenvalue weighted by Crippen LogP contribution is 2.33. The Labute approximate surface area is 113 Å². The topological polar surface area (TPSA) is 69.6 Å². The van der Waals surface area contributed by atoms with Crippen molar-refractivity contribution in [2.75, 3.05) is 13.1 Å². The Bertz CT molecular complexity index is 444. The number of carboxylic acid groups (broad SMARTS) is 1. The standard InChI is InChI=1S/C12H15F3N2O3/c13-12(14,15)8-3-5-17(6-4-8)11(20)16-9(10(18)19)7-1-2-7/h3,7,9H,1-2,4-6H2,(H,16,20)(H,18,19). The van der Waals surface area contributed by atoms with Crippen molar-refractivity contribution >= 4 is 12.0 Å². The molecule has 0 radical (unpaired) electrons. The molecular weight excluding hydrogens is 277 g/mol. The van der Waals surface area contributed by atoms with Gasteiger partial charge in [0.05, 0.1) is 0 Å². The van der Waals surface area contributed by atoms with E-state index in [0.717, 1.165) is 18.9 Å². The number of amides is 2.